The molecule has 0 spiro atoms. The Labute approximate surface area is 273 Å². The molecule has 0 heterocycles. The number of amides is 1. The fourth-order valence-electron chi connectivity index (χ4n) is 9.28. The van der Waals surface area contributed by atoms with E-state index in [-0.39, 0.29) is 46.6 Å². The highest BCUT2D eigenvalue weighted by Crippen LogP contribution is 2.63. The van der Waals surface area contributed by atoms with Gasteiger partial charge in [0.05, 0.1) is 0 Å². The van der Waals surface area contributed by atoms with Gasteiger partial charge in [-0.15, -0.1) is 23.2 Å². The molecule has 6 nitrogen and oxygen atoms in total. The van der Waals surface area contributed by atoms with Crippen molar-refractivity contribution in [2.45, 2.75) is 104 Å². The number of nitrogens with one attached hydrogen (secondary N) is 1. The summed E-state index contributed by atoms with van der Waals surface area (Å²) in [6.07, 6.45) is 11.3. The Morgan fingerprint density at radius 3 is 2.41 bits per heavy atom. The number of fused-ring (bicyclic) bond motifs is 5. The molecule has 1 aromatic carbocycles. The van der Waals surface area contributed by atoms with Gasteiger partial charge in [0, 0.05) is 62.3 Å². The first-order valence-corrected chi connectivity index (χ1v) is 17.8. The zero-order valence-corrected chi connectivity index (χ0v) is 28.2. The first-order chi connectivity index (χ1) is 21.1. The number of allylic oxidation sites excluding steroid dienone is 1. The van der Waals surface area contributed by atoms with Crippen LogP contribution < -0.4 is 10.2 Å². The molecule has 8 heteroatoms. The largest absolute Gasteiger partial charge is 0.462 e. The van der Waals surface area contributed by atoms with Crippen LogP contribution in [0.25, 0.3) is 0 Å². The summed E-state index contributed by atoms with van der Waals surface area (Å²) in [5.41, 5.74) is 3.42. The summed E-state index contributed by atoms with van der Waals surface area (Å²) in [5.74, 6) is 1.89. The Balaban J connectivity index is 1.15. The van der Waals surface area contributed by atoms with Crippen LogP contribution >= 0.6 is 23.2 Å². The second-order valence-electron chi connectivity index (χ2n) is 14.2. The predicted molar refractivity (Wildman–Crippen MR) is 177 cm³/mol. The van der Waals surface area contributed by atoms with Crippen LogP contribution in [0, 0.1) is 28.6 Å². The lowest BCUT2D eigenvalue weighted by molar-refractivity contribution is -0.152. The van der Waals surface area contributed by atoms with Crippen molar-refractivity contribution in [2.75, 3.05) is 29.7 Å². The topological polar surface area (TPSA) is 75.7 Å². The quantitative estimate of drug-likeness (QED) is 0.203. The van der Waals surface area contributed by atoms with E-state index < -0.39 is 0 Å². The number of aryl methyl sites for hydroxylation is 1. The Morgan fingerprint density at radius 2 is 1.73 bits per heavy atom. The average Bonchev–Trinajstić information content (AvgIpc) is 2.98. The Hall–Kier alpha value is -2.05. The minimum atomic E-state index is -0.159. The lowest BCUT2D eigenvalue weighted by Crippen LogP contribution is -2.60. The molecule has 7 atom stereocenters. The highest BCUT2D eigenvalue weighted by atomic mass is 35.5. The van der Waals surface area contributed by atoms with E-state index in [2.05, 4.69) is 48.3 Å². The van der Waals surface area contributed by atoms with Crippen LogP contribution in [0.5, 0.6) is 0 Å². The van der Waals surface area contributed by atoms with Crippen molar-refractivity contribution < 1.29 is 19.1 Å². The maximum absolute atomic E-state index is 13.8. The van der Waals surface area contributed by atoms with Gasteiger partial charge in [-0.1, -0.05) is 38.0 Å². The molecular weight excluding hydrogens is 595 g/mol. The van der Waals surface area contributed by atoms with Gasteiger partial charge in [-0.25, -0.2) is 0 Å². The van der Waals surface area contributed by atoms with Crippen LogP contribution in [0.1, 0.15) is 90.5 Å². The van der Waals surface area contributed by atoms with Crippen molar-refractivity contribution in [2.24, 2.45) is 28.6 Å². The van der Waals surface area contributed by atoms with Crippen molar-refractivity contribution in [3.05, 3.63) is 41.5 Å². The molecule has 0 aromatic heterocycles. The number of anilines is 1. The number of carbonyl (C=O) groups is 3. The number of benzene rings is 1. The summed E-state index contributed by atoms with van der Waals surface area (Å²) in [6, 6.07) is 8.56. The number of halogens is 2. The molecule has 3 saturated carbocycles. The summed E-state index contributed by atoms with van der Waals surface area (Å²) in [7, 11) is 0. The molecule has 4 aliphatic rings. The summed E-state index contributed by atoms with van der Waals surface area (Å²) >= 11 is 11.9. The lowest BCUT2D eigenvalue weighted by atomic mass is 9.44. The third kappa shape index (κ3) is 6.87. The van der Waals surface area contributed by atoms with E-state index in [0.29, 0.717) is 36.4 Å². The number of ketones is 1. The Bertz CT molecular complexity index is 1230. The minimum Gasteiger partial charge on any atom is -0.462 e. The molecule has 242 valence electrons. The van der Waals surface area contributed by atoms with Gasteiger partial charge in [0.15, 0.2) is 5.78 Å². The maximum Gasteiger partial charge on any atom is 0.306 e. The average molecular weight is 646 g/mol. The molecular formula is C36H50Cl2N2O4. The molecule has 1 amide bonds. The number of nitrogens with zero attached hydrogens (tertiary/aromatic N) is 1. The fraction of sp³-hybridized carbons (Fsp3) is 0.694. The van der Waals surface area contributed by atoms with Crippen molar-refractivity contribution in [1.82, 2.24) is 5.32 Å². The van der Waals surface area contributed by atoms with Crippen molar-refractivity contribution in [3.8, 4) is 0 Å². The monoisotopic (exact) mass is 644 g/mol. The highest BCUT2D eigenvalue weighted by molar-refractivity contribution is 6.18. The van der Waals surface area contributed by atoms with Crippen LogP contribution in [0.2, 0.25) is 0 Å². The van der Waals surface area contributed by atoms with Crippen molar-refractivity contribution in [1.29, 1.82) is 0 Å². The second-order valence-corrected chi connectivity index (χ2v) is 15.0. The summed E-state index contributed by atoms with van der Waals surface area (Å²) < 4.78 is 5.99. The molecule has 0 aliphatic heterocycles. The molecule has 3 fully saturated rings. The van der Waals surface area contributed by atoms with E-state index in [9.17, 15) is 14.4 Å². The molecule has 1 aromatic rings. The summed E-state index contributed by atoms with van der Waals surface area (Å²) in [4.78, 5) is 40.8. The van der Waals surface area contributed by atoms with Crippen molar-refractivity contribution in [3.63, 3.8) is 0 Å². The Morgan fingerprint density at radius 1 is 1.00 bits per heavy atom. The number of hydrogen-bond acceptors (Lipinski definition) is 5. The maximum atomic E-state index is 13.8. The number of esters is 1. The van der Waals surface area contributed by atoms with Gasteiger partial charge < -0.3 is 15.0 Å². The standard InChI is InChI=1S/C36H50Cl2N2O4/c1-24(41)39-32-8-5-7-29-34-30(15-17-36(29,32)3)35(2)16-14-28(22-26(35)23-31(34)42)44-33(43)9-4-6-25-10-12-27(13-11-25)40(20-18-37)21-19-38/h10-13,23,28-30,32,34H,4-9,14-22H2,1-3H3,(H,39,41)/t28-,29?,30?,32-,34?,35-,36-/m0/s1. The molecule has 0 radical (unpaired) electrons. The second kappa shape index (κ2) is 14.2. The van der Waals surface area contributed by atoms with Crippen LogP contribution in [0.4, 0.5) is 5.69 Å². The molecule has 1 N–H and O–H groups in total. The van der Waals surface area contributed by atoms with Crippen LogP contribution in [-0.4, -0.2) is 54.7 Å². The summed E-state index contributed by atoms with van der Waals surface area (Å²) in [5, 5.41) is 3.24. The van der Waals surface area contributed by atoms with E-state index in [1.165, 1.54) is 11.1 Å². The number of hydrogen-bond donors (Lipinski definition) is 1. The van der Waals surface area contributed by atoms with E-state index >= 15 is 0 Å². The van der Waals surface area contributed by atoms with Gasteiger partial charge in [-0.3, -0.25) is 14.4 Å². The van der Waals surface area contributed by atoms with E-state index in [0.717, 1.165) is 76.6 Å². The zero-order valence-electron chi connectivity index (χ0n) is 26.7. The number of ether oxygens (including phenoxy) is 1. The minimum absolute atomic E-state index is 0.0240. The fourth-order valence-corrected chi connectivity index (χ4v) is 9.68. The van der Waals surface area contributed by atoms with Crippen molar-refractivity contribution >= 4 is 46.5 Å². The van der Waals surface area contributed by atoms with E-state index in [1.807, 2.05) is 6.08 Å². The molecule has 0 bridgehead atoms. The first-order valence-electron chi connectivity index (χ1n) is 16.8. The van der Waals surface area contributed by atoms with Crippen LogP contribution in [-0.2, 0) is 25.5 Å². The summed E-state index contributed by atoms with van der Waals surface area (Å²) in [6.45, 7) is 7.78. The lowest BCUT2D eigenvalue weighted by Gasteiger charge is -2.60. The third-order valence-corrected chi connectivity index (χ3v) is 12.0. The first kappa shape index (κ1) is 33.3. The number of carbonyl (C=O) groups excluding carboxylic acids is 3. The van der Waals surface area contributed by atoms with Gasteiger partial charge >= 0.3 is 5.97 Å². The molecule has 3 unspecified atom stereocenters. The predicted octanol–water partition coefficient (Wildman–Crippen LogP) is 7.24. The van der Waals surface area contributed by atoms with Gasteiger partial charge in [-0.05, 0) is 97.8 Å². The van der Waals surface area contributed by atoms with Crippen LogP contribution in [0.15, 0.2) is 35.9 Å². The smallest absolute Gasteiger partial charge is 0.306 e. The Kier molecular flexibility index (Phi) is 10.7. The van der Waals surface area contributed by atoms with E-state index in [4.69, 9.17) is 27.9 Å². The highest BCUT2D eigenvalue weighted by Gasteiger charge is 2.60. The molecule has 4 aliphatic carbocycles. The molecule has 0 saturated heterocycles. The van der Waals surface area contributed by atoms with Gasteiger partial charge in [0.1, 0.15) is 6.10 Å². The van der Waals surface area contributed by atoms with Gasteiger partial charge in [-0.2, -0.15) is 0 Å². The zero-order chi connectivity index (χ0) is 31.5. The third-order valence-electron chi connectivity index (χ3n) is 11.7. The van der Waals surface area contributed by atoms with Crippen LogP contribution in [0.3, 0.4) is 0 Å². The number of rotatable bonds is 11. The normalized spacial score (nSPS) is 32.9. The van der Waals surface area contributed by atoms with Gasteiger partial charge in [0.2, 0.25) is 5.91 Å². The molecule has 5 rings (SSSR count). The number of alkyl halides is 2. The van der Waals surface area contributed by atoms with E-state index in [1.54, 1.807) is 6.92 Å². The molecule has 44 heavy (non-hydrogen) atoms. The SMILES string of the molecule is CC(=O)N[C@H]1CCCC2C3C(=O)C=C4C[C@@H](OC(=O)CCCc5ccc(N(CCCl)CCCl)cc5)CC[C@]4(C)C3CC[C@@]21C. The van der Waals surface area contributed by atoms with Gasteiger partial charge in [0.25, 0.3) is 0 Å².